The van der Waals surface area contributed by atoms with Gasteiger partial charge in [-0.25, -0.2) is 14.2 Å². The Morgan fingerprint density at radius 2 is 1.93 bits per heavy atom. The van der Waals surface area contributed by atoms with Crippen molar-refractivity contribution >= 4 is 6.09 Å². The van der Waals surface area contributed by atoms with E-state index in [2.05, 4.69) is 0 Å². The van der Waals surface area contributed by atoms with Crippen LogP contribution in [-0.2, 0) is 23.8 Å². The van der Waals surface area contributed by atoms with Crippen molar-refractivity contribution in [3.05, 3.63) is 61.9 Å². The van der Waals surface area contributed by atoms with Crippen LogP contribution >= 0.6 is 0 Å². The van der Waals surface area contributed by atoms with Crippen molar-refractivity contribution in [3.63, 3.8) is 0 Å². The summed E-state index contributed by atoms with van der Waals surface area (Å²) in [4.78, 5) is 38.7. The van der Waals surface area contributed by atoms with Gasteiger partial charge in [0.05, 0.1) is 5.56 Å². The van der Waals surface area contributed by atoms with Gasteiger partial charge in [-0.15, -0.1) is 0 Å². The molecule has 2 aromatic rings. The largest absolute Gasteiger partial charge is 0.427 e. The lowest BCUT2D eigenvalue weighted by molar-refractivity contribution is -0.137. The molecule has 2 aliphatic rings. The average Bonchev–Trinajstić information content (AvgIpc) is 3.18. The van der Waals surface area contributed by atoms with Crippen LogP contribution in [0.4, 0.5) is 18.0 Å². The third-order valence-corrected chi connectivity index (χ3v) is 5.33. The van der Waals surface area contributed by atoms with E-state index in [0.29, 0.717) is 43.9 Å². The zero-order valence-corrected chi connectivity index (χ0v) is 15.9. The Labute approximate surface area is 168 Å². The number of ether oxygens (including phenoxy) is 2. The normalized spacial score (nSPS) is 18.8. The van der Waals surface area contributed by atoms with Crippen LogP contribution in [0.2, 0.25) is 0 Å². The lowest BCUT2D eigenvalue weighted by Gasteiger charge is -2.25. The molecule has 160 valence electrons. The van der Waals surface area contributed by atoms with Gasteiger partial charge in [-0.3, -0.25) is 4.79 Å². The maximum absolute atomic E-state index is 13.1. The van der Waals surface area contributed by atoms with Crippen molar-refractivity contribution in [2.24, 2.45) is 0 Å². The number of hydrogen-bond acceptors (Lipinski definition) is 5. The second kappa shape index (κ2) is 7.75. The average molecular weight is 424 g/mol. The van der Waals surface area contributed by atoms with Crippen molar-refractivity contribution in [3.8, 4) is 5.75 Å². The van der Waals surface area contributed by atoms with Crippen LogP contribution in [0.5, 0.6) is 5.75 Å². The van der Waals surface area contributed by atoms with Gasteiger partial charge in [0.2, 0.25) is 0 Å². The van der Waals surface area contributed by atoms with Crippen LogP contribution < -0.4 is 16.0 Å². The first-order valence-corrected chi connectivity index (χ1v) is 9.67. The maximum atomic E-state index is 13.1. The highest BCUT2D eigenvalue weighted by atomic mass is 19.4. The minimum absolute atomic E-state index is 0.244. The van der Waals surface area contributed by atoms with Crippen molar-refractivity contribution in [2.45, 2.75) is 50.9 Å². The summed E-state index contributed by atoms with van der Waals surface area (Å²) in [5.74, 6) is -0.347. The molecule has 10 heteroatoms. The summed E-state index contributed by atoms with van der Waals surface area (Å²) in [6, 6.07) is 3.83. The van der Waals surface area contributed by atoms with Gasteiger partial charge in [-0.1, -0.05) is 6.07 Å². The SMILES string of the molecule is O=C(Oc1cccc(C(F)(F)F)c1)n1c2c(c(=O)n(C3CCCCO3)c1=O)CCC2. The molecule has 30 heavy (non-hydrogen) atoms. The van der Waals surface area contributed by atoms with E-state index in [4.69, 9.17) is 9.47 Å². The van der Waals surface area contributed by atoms with E-state index in [0.717, 1.165) is 34.1 Å². The van der Waals surface area contributed by atoms with Gasteiger partial charge in [0, 0.05) is 17.9 Å². The summed E-state index contributed by atoms with van der Waals surface area (Å²) >= 11 is 0. The summed E-state index contributed by atoms with van der Waals surface area (Å²) in [6.45, 7) is 0.391. The first-order valence-electron chi connectivity index (χ1n) is 9.67. The summed E-state index contributed by atoms with van der Waals surface area (Å²) in [7, 11) is 0. The summed E-state index contributed by atoms with van der Waals surface area (Å²) in [5.41, 5.74) is -1.78. The minimum Gasteiger partial charge on any atom is -0.410 e. The molecule has 0 amide bonds. The smallest absolute Gasteiger partial charge is 0.410 e. The maximum Gasteiger partial charge on any atom is 0.427 e. The highest BCUT2D eigenvalue weighted by molar-refractivity contribution is 5.74. The molecule has 0 saturated carbocycles. The Morgan fingerprint density at radius 1 is 1.13 bits per heavy atom. The van der Waals surface area contributed by atoms with E-state index in [1.807, 2.05) is 0 Å². The molecule has 4 rings (SSSR count). The number of benzene rings is 1. The predicted molar refractivity (Wildman–Crippen MR) is 98.7 cm³/mol. The first-order chi connectivity index (χ1) is 14.3. The molecular weight excluding hydrogens is 405 g/mol. The number of carbonyl (C=O) groups excluding carboxylic acids is 1. The van der Waals surface area contributed by atoms with Crippen molar-refractivity contribution in [1.82, 2.24) is 9.13 Å². The number of rotatable bonds is 2. The second-order valence-electron chi connectivity index (χ2n) is 7.29. The number of alkyl halides is 3. The highest BCUT2D eigenvalue weighted by Crippen LogP contribution is 2.31. The molecule has 1 saturated heterocycles. The Bertz CT molecular complexity index is 1100. The molecular formula is C20H19F3N2O5. The Morgan fingerprint density at radius 3 is 2.63 bits per heavy atom. The van der Waals surface area contributed by atoms with Crippen LogP contribution in [0.15, 0.2) is 33.9 Å². The number of carbonyl (C=O) groups is 1. The number of hydrogen-bond donors (Lipinski definition) is 0. The van der Waals surface area contributed by atoms with E-state index in [-0.39, 0.29) is 11.4 Å². The van der Waals surface area contributed by atoms with E-state index in [1.165, 1.54) is 6.07 Å². The van der Waals surface area contributed by atoms with Gasteiger partial charge in [-0.05, 0) is 56.7 Å². The molecule has 2 heterocycles. The fraction of sp³-hybridized carbons (Fsp3) is 0.450. The zero-order chi connectivity index (χ0) is 21.5. The van der Waals surface area contributed by atoms with E-state index in [1.54, 1.807) is 0 Å². The van der Waals surface area contributed by atoms with Gasteiger partial charge in [0.25, 0.3) is 5.56 Å². The van der Waals surface area contributed by atoms with Crippen molar-refractivity contribution in [1.29, 1.82) is 0 Å². The molecule has 0 bridgehead atoms. The van der Waals surface area contributed by atoms with E-state index < -0.39 is 35.3 Å². The Hall–Kier alpha value is -2.88. The zero-order valence-electron chi connectivity index (χ0n) is 15.9. The van der Waals surface area contributed by atoms with Crippen LogP contribution in [0.1, 0.15) is 48.7 Å². The summed E-state index contributed by atoms with van der Waals surface area (Å²) in [6.07, 6.45) is -3.20. The number of halogens is 3. The number of aromatic nitrogens is 2. The van der Waals surface area contributed by atoms with Crippen LogP contribution in [0.25, 0.3) is 0 Å². The first kappa shape index (κ1) is 20.4. The van der Waals surface area contributed by atoms with Gasteiger partial charge >= 0.3 is 18.0 Å². The Kier molecular flexibility index (Phi) is 5.27. The number of fused-ring (bicyclic) bond motifs is 1. The number of nitrogens with zero attached hydrogens (tertiary/aromatic N) is 2. The van der Waals surface area contributed by atoms with Crippen molar-refractivity contribution in [2.75, 3.05) is 6.61 Å². The van der Waals surface area contributed by atoms with E-state index in [9.17, 15) is 27.6 Å². The lowest BCUT2D eigenvalue weighted by Crippen LogP contribution is -2.48. The van der Waals surface area contributed by atoms with Crippen LogP contribution in [-0.4, -0.2) is 21.8 Å². The predicted octanol–water partition coefficient (Wildman–Crippen LogP) is 3.26. The third-order valence-electron chi connectivity index (χ3n) is 5.33. The second-order valence-corrected chi connectivity index (χ2v) is 7.29. The molecule has 1 unspecified atom stereocenters. The molecule has 0 N–H and O–H groups in total. The molecule has 1 aliphatic carbocycles. The highest BCUT2D eigenvalue weighted by Gasteiger charge is 2.32. The van der Waals surface area contributed by atoms with Gasteiger partial charge in [0.1, 0.15) is 12.0 Å². The molecule has 7 nitrogen and oxygen atoms in total. The topological polar surface area (TPSA) is 79.5 Å². The molecule has 1 aromatic carbocycles. The van der Waals surface area contributed by atoms with E-state index >= 15 is 0 Å². The molecule has 1 aliphatic heterocycles. The minimum atomic E-state index is -4.61. The summed E-state index contributed by atoms with van der Waals surface area (Å²) < 4.78 is 51.1. The molecule has 1 atom stereocenters. The van der Waals surface area contributed by atoms with Crippen LogP contribution in [0, 0.1) is 0 Å². The quantitative estimate of drug-likeness (QED) is 0.740. The molecule has 0 radical (unpaired) electrons. The van der Waals surface area contributed by atoms with Gasteiger partial charge in [-0.2, -0.15) is 17.7 Å². The fourth-order valence-corrected chi connectivity index (χ4v) is 3.91. The van der Waals surface area contributed by atoms with Gasteiger partial charge in [0.15, 0.2) is 0 Å². The monoisotopic (exact) mass is 424 g/mol. The van der Waals surface area contributed by atoms with Gasteiger partial charge < -0.3 is 9.47 Å². The standard InChI is InChI=1S/C20H19F3N2O5/c21-20(22,23)12-5-3-6-13(11-12)30-19(28)24-15-8-4-7-14(15)17(26)25(18(24)27)16-9-1-2-10-29-16/h3,5-6,11,16H,1-2,4,7-10H2. The molecule has 0 spiro atoms. The van der Waals surface area contributed by atoms with Crippen LogP contribution in [0.3, 0.4) is 0 Å². The third kappa shape index (κ3) is 3.67. The fourth-order valence-electron chi connectivity index (χ4n) is 3.91. The molecule has 1 fully saturated rings. The van der Waals surface area contributed by atoms with Crippen molar-refractivity contribution < 1.29 is 27.4 Å². The lowest BCUT2D eigenvalue weighted by atomic mass is 10.2. The Balaban J connectivity index is 1.75. The summed E-state index contributed by atoms with van der Waals surface area (Å²) in [5, 5.41) is 0. The molecule has 1 aromatic heterocycles.